The van der Waals surface area contributed by atoms with Gasteiger partial charge in [-0.05, 0) is 42.0 Å². The fourth-order valence-electron chi connectivity index (χ4n) is 2.24. The van der Waals surface area contributed by atoms with Crippen LogP contribution in [0.15, 0.2) is 73.1 Å². The number of thioether (sulfide) groups is 1. The van der Waals surface area contributed by atoms with Gasteiger partial charge in [0.05, 0.1) is 11.4 Å². The Bertz CT molecular complexity index is 860. The van der Waals surface area contributed by atoms with E-state index in [0.717, 1.165) is 11.3 Å². The van der Waals surface area contributed by atoms with Gasteiger partial charge in [0.15, 0.2) is 5.75 Å². The molecule has 132 valence electrons. The van der Waals surface area contributed by atoms with Crippen LogP contribution in [0.25, 0.3) is 0 Å². The number of rotatable bonds is 7. The zero-order valence-corrected chi connectivity index (χ0v) is 15.5. The molecule has 3 aromatic rings. The second kappa shape index (κ2) is 9.27. The number of ether oxygens (including phenoxy) is 1. The molecule has 2 aromatic carbocycles. The molecule has 26 heavy (non-hydrogen) atoms. The van der Waals surface area contributed by atoms with Gasteiger partial charge in [0.25, 0.3) is 0 Å². The van der Waals surface area contributed by atoms with Crippen LogP contribution in [-0.4, -0.2) is 16.6 Å². The highest BCUT2D eigenvalue weighted by molar-refractivity contribution is 7.99. The van der Waals surface area contributed by atoms with Crippen LogP contribution in [0.1, 0.15) is 5.56 Å². The predicted octanol–water partition coefficient (Wildman–Crippen LogP) is 5.40. The number of aromatic nitrogens is 1. The molecule has 0 aliphatic carbocycles. The predicted molar refractivity (Wildman–Crippen MR) is 107 cm³/mol. The number of amides is 1. The summed E-state index contributed by atoms with van der Waals surface area (Å²) in [6, 6.07) is 18.4. The smallest absolute Gasteiger partial charge is 0.234 e. The molecule has 0 atom stereocenters. The van der Waals surface area contributed by atoms with E-state index < -0.39 is 0 Å². The average molecular weight is 385 g/mol. The van der Waals surface area contributed by atoms with Crippen molar-refractivity contribution >= 4 is 35.0 Å². The summed E-state index contributed by atoms with van der Waals surface area (Å²) in [4.78, 5) is 16.3. The monoisotopic (exact) mass is 384 g/mol. The minimum absolute atomic E-state index is 0.112. The van der Waals surface area contributed by atoms with E-state index in [-0.39, 0.29) is 5.91 Å². The quantitative estimate of drug-likeness (QED) is 0.592. The Morgan fingerprint density at radius 2 is 1.96 bits per heavy atom. The Kier molecular flexibility index (Phi) is 6.52. The van der Waals surface area contributed by atoms with Gasteiger partial charge in [0.1, 0.15) is 5.75 Å². The van der Waals surface area contributed by atoms with Gasteiger partial charge >= 0.3 is 0 Å². The minimum Gasteiger partial charge on any atom is -0.455 e. The van der Waals surface area contributed by atoms with Gasteiger partial charge in [-0.15, -0.1) is 11.8 Å². The van der Waals surface area contributed by atoms with Gasteiger partial charge in [-0.3, -0.25) is 9.78 Å². The van der Waals surface area contributed by atoms with E-state index in [2.05, 4.69) is 10.3 Å². The fraction of sp³-hybridized carbons (Fsp3) is 0.100. The number of halogens is 1. The standard InChI is InChI=1S/C20H17ClN2O2S/c21-16-8-9-19(25-17-6-2-1-3-7-17)18(11-16)23-20(24)14-26-13-15-5-4-10-22-12-15/h1-12H,13-14H2,(H,23,24). The van der Waals surface area contributed by atoms with Crippen LogP contribution in [0.5, 0.6) is 11.5 Å². The van der Waals surface area contributed by atoms with Crippen LogP contribution < -0.4 is 10.1 Å². The largest absolute Gasteiger partial charge is 0.455 e. The van der Waals surface area contributed by atoms with Gasteiger partial charge in [-0.2, -0.15) is 0 Å². The van der Waals surface area contributed by atoms with E-state index in [9.17, 15) is 4.79 Å². The number of anilines is 1. The van der Waals surface area contributed by atoms with Crippen molar-refractivity contribution in [3.05, 3.63) is 83.6 Å². The van der Waals surface area contributed by atoms with Crippen LogP contribution in [0, 0.1) is 0 Å². The van der Waals surface area contributed by atoms with E-state index in [1.807, 2.05) is 42.5 Å². The highest BCUT2D eigenvalue weighted by Crippen LogP contribution is 2.32. The van der Waals surface area contributed by atoms with Crippen molar-refractivity contribution in [1.29, 1.82) is 0 Å². The highest BCUT2D eigenvalue weighted by atomic mass is 35.5. The van der Waals surface area contributed by atoms with Crippen molar-refractivity contribution in [2.45, 2.75) is 5.75 Å². The summed E-state index contributed by atoms with van der Waals surface area (Å²) in [7, 11) is 0. The summed E-state index contributed by atoms with van der Waals surface area (Å²) in [5.41, 5.74) is 1.63. The topological polar surface area (TPSA) is 51.2 Å². The van der Waals surface area contributed by atoms with Crippen molar-refractivity contribution < 1.29 is 9.53 Å². The Labute approximate surface area is 161 Å². The summed E-state index contributed by atoms with van der Waals surface area (Å²) in [5, 5.41) is 3.40. The number of benzene rings is 2. The number of hydrogen-bond donors (Lipinski definition) is 1. The number of para-hydroxylation sites is 1. The van der Waals surface area contributed by atoms with Gasteiger partial charge < -0.3 is 10.1 Å². The highest BCUT2D eigenvalue weighted by Gasteiger charge is 2.10. The van der Waals surface area contributed by atoms with E-state index >= 15 is 0 Å². The molecule has 0 bridgehead atoms. The second-order valence-electron chi connectivity index (χ2n) is 5.46. The molecule has 0 saturated carbocycles. The van der Waals surface area contributed by atoms with Gasteiger partial charge in [-0.25, -0.2) is 0 Å². The van der Waals surface area contributed by atoms with Crippen LogP contribution in [0.2, 0.25) is 5.02 Å². The molecule has 1 N–H and O–H groups in total. The number of hydrogen-bond acceptors (Lipinski definition) is 4. The molecule has 6 heteroatoms. The van der Waals surface area contributed by atoms with E-state index in [1.165, 1.54) is 11.8 Å². The van der Waals surface area contributed by atoms with Crippen LogP contribution in [-0.2, 0) is 10.5 Å². The second-order valence-corrected chi connectivity index (χ2v) is 6.88. The molecular weight excluding hydrogens is 368 g/mol. The molecule has 0 radical (unpaired) electrons. The summed E-state index contributed by atoms with van der Waals surface area (Å²) in [6.45, 7) is 0. The molecule has 0 fully saturated rings. The molecule has 0 saturated heterocycles. The lowest BCUT2D eigenvalue weighted by Gasteiger charge is -2.13. The SMILES string of the molecule is O=C(CSCc1cccnc1)Nc1cc(Cl)ccc1Oc1ccccc1. The van der Waals surface area contributed by atoms with Crippen molar-refractivity contribution in [2.24, 2.45) is 0 Å². The van der Waals surface area contributed by atoms with E-state index in [4.69, 9.17) is 16.3 Å². The fourth-order valence-corrected chi connectivity index (χ4v) is 3.17. The van der Waals surface area contributed by atoms with Crippen molar-refractivity contribution in [2.75, 3.05) is 11.1 Å². The lowest BCUT2D eigenvalue weighted by molar-refractivity contribution is -0.113. The third-order valence-electron chi connectivity index (χ3n) is 3.41. The average Bonchev–Trinajstić information content (AvgIpc) is 2.66. The van der Waals surface area contributed by atoms with E-state index in [1.54, 1.807) is 30.6 Å². The molecule has 1 heterocycles. The van der Waals surface area contributed by atoms with Gasteiger partial charge in [0, 0.05) is 23.2 Å². The van der Waals surface area contributed by atoms with Crippen molar-refractivity contribution in [3.63, 3.8) is 0 Å². The first-order chi connectivity index (χ1) is 12.7. The lowest BCUT2D eigenvalue weighted by Crippen LogP contribution is -2.14. The molecule has 0 unspecified atom stereocenters. The third kappa shape index (κ3) is 5.51. The summed E-state index contributed by atoms with van der Waals surface area (Å²) < 4.78 is 5.85. The lowest BCUT2D eigenvalue weighted by atomic mass is 10.3. The van der Waals surface area contributed by atoms with E-state index in [0.29, 0.717) is 28.0 Å². The zero-order chi connectivity index (χ0) is 18.2. The first-order valence-electron chi connectivity index (χ1n) is 7.99. The molecule has 4 nitrogen and oxygen atoms in total. The maximum Gasteiger partial charge on any atom is 0.234 e. The number of nitrogens with one attached hydrogen (secondary N) is 1. The number of pyridine rings is 1. The Morgan fingerprint density at radius 1 is 1.12 bits per heavy atom. The summed E-state index contributed by atoms with van der Waals surface area (Å²) >= 11 is 7.59. The molecule has 0 aliphatic rings. The molecule has 0 aliphatic heterocycles. The maximum absolute atomic E-state index is 12.3. The molecule has 1 aromatic heterocycles. The number of nitrogens with zero attached hydrogens (tertiary/aromatic N) is 1. The minimum atomic E-state index is -0.112. The molecule has 0 spiro atoms. The Morgan fingerprint density at radius 3 is 2.73 bits per heavy atom. The van der Waals surface area contributed by atoms with Gasteiger partial charge in [-0.1, -0.05) is 35.9 Å². The van der Waals surface area contributed by atoms with Gasteiger partial charge in [0.2, 0.25) is 5.91 Å². The van der Waals surface area contributed by atoms with Crippen molar-refractivity contribution in [3.8, 4) is 11.5 Å². The van der Waals surface area contributed by atoms with Crippen molar-refractivity contribution in [1.82, 2.24) is 4.98 Å². The third-order valence-corrected chi connectivity index (χ3v) is 4.65. The Hall–Kier alpha value is -2.50. The first-order valence-corrected chi connectivity index (χ1v) is 9.53. The summed E-state index contributed by atoms with van der Waals surface area (Å²) in [6.07, 6.45) is 3.53. The zero-order valence-electron chi connectivity index (χ0n) is 13.9. The first kappa shape index (κ1) is 18.3. The summed E-state index contributed by atoms with van der Waals surface area (Å²) in [5.74, 6) is 2.18. The van der Waals surface area contributed by atoms with Crippen LogP contribution in [0.3, 0.4) is 0 Å². The normalized spacial score (nSPS) is 10.3. The molecule has 3 rings (SSSR count). The Balaban J connectivity index is 1.61. The number of carbonyl (C=O) groups excluding carboxylic acids is 1. The number of carbonyl (C=O) groups is 1. The molecular formula is C20H17ClN2O2S. The van der Waals surface area contributed by atoms with Crippen LogP contribution >= 0.6 is 23.4 Å². The van der Waals surface area contributed by atoms with Crippen LogP contribution in [0.4, 0.5) is 5.69 Å². The molecule has 1 amide bonds. The maximum atomic E-state index is 12.3.